The first kappa shape index (κ1) is 16.6. The minimum absolute atomic E-state index is 0.0428. The zero-order valence-corrected chi connectivity index (χ0v) is 13.3. The molecule has 1 aliphatic heterocycles. The maximum atomic E-state index is 12.9. The fraction of sp³-hybridized carbons (Fsp3) is 0.500. The molecule has 1 N–H and O–H groups in total. The molecule has 0 spiro atoms. The van der Waals surface area contributed by atoms with E-state index in [1.807, 2.05) is 0 Å². The molecule has 1 aromatic rings. The predicted octanol–water partition coefficient (Wildman–Crippen LogP) is 1.19. The fourth-order valence-electron chi connectivity index (χ4n) is 2.56. The van der Waals surface area contributed by atoms with Crippen LogP contribution in [0.1, 0.15) is 12.8 Å². The van der Waals surface area contributed by atoms with E-state index in [0.29, 0.717) is 12.8 Å². The Morgan fingerprint density at radius 2 is 1.86 bits per heavy atom. The molecule has 1 fully saturated rings. The van der Waals surface area contributed by atoms with Gasteiger partial charge in [0.1, 0.15) is 11.5 Å². The summed E-state index contributed by atoms with van der Waals surface area (Å²) in [6.45, 7) is 0.242. The Balaban J connectivity index is 2.44. The number of carboxylic acid groups (broad SMARTS) is 1. The summed E-state index contributed by atoms with van der Waals surface area (Å²) in [6, 6.07) is 4.70. The molecule has 0 radical (unpaired) electrons. The van der Waals surface area contributed by atoms with Crippen LogP contribution >= 0.6 is 0 Å². The first-order valence-corrected chi connectivity index (χ1v) is 8.29. The molecular weight excluding hydrogens is 310 g/mol. The topological polar surface area (TPSA) is 93.1 Å². The van der Waals surface area contributed by atoms with Gasteiger partial charge in [0.15, 0.2) is 4.90 Å². The molecule has 1 aliphatic rings. The molecule has 0 bridgehead atoms. The molecule has 1 unspecified atom stereocenters. The van der Waals surface area contributed by atoms with Gasteiger partial charge in [-0.2, -0.15) is 4.31 Å². The van der Waals surface area contributed by atoms with Crippen LogP contribution in [0.3, 0.4) is 0 Å². The fourth-order valence-corrected chi connectivity index (χ4v) is 4.38. The Kier molecular flexibility index (Phi) is 4.92. The first-order chi connectivity index (χ1) is 10.4. The number of rotatable bonds is 5. The third-order valence-electron chi connectivity index (χ3n) is 3.71. The van der Waals surface area contributed by atoms with Gasteiger partial charge in [-0.15, -0.1) is 0 Å². The van der Waals surface area contributed by atoms with E-state index in [-0.39, 0.29) is 29.5 Å². The highest BCUT2D eigenvalue weighted by atomic mass is 32.2. The van der Waals surface area contributed by atoms with Crippen LogP contribution < -0.4 is 9.47 Å². The second kappa shape index (κ2) is 6.53. The molecule has 2 rings (SSSR count). The lowest BCUT2D eigenvalue weighted by molar-refractivity contribution is -0.142. The summed E-state index contributed by atoms with van der Waals surface area (Å²) in [6.07, 6.45) is 0.984. The number of sulfonamides is 1. The summed E-state index contributed by atoms with van der Waals surface area (Å²) in [5, 5.41) is 9.12. The number of hydrogen-bond donors (Lipinski definition) is 1. The molecular formula is C14H19NO6S. The van der Waals surface area contributed by atoms with Crippen molar-refractivity contribution in [2.75, 3.05) is 27.3 Å². The second-order valence-electron chi connectivity index (χ2n) is 5.03. The number of carboxylic acids is 1. The molecule has 1 saturated heterocycles. The number of carbonyl (C=O) groups is 1. The van der Waals surface area contributed by atoms with Gasteiger partial charge in [-0.25, -0.2) is 8.42 Å². The van der Waals surface area contributed by atoms with E-state index >= 15 is 0 Å². The van der Waals surface area contributed by atoms with E-state index in [1.54, 1.807) is 6.07 Å². The molecule has 0 saturated carbocycles. The van der Waals surface area contributed by atoms with Crippen LogP contribution in [0.15, 0.2) is 23.1 Å². The minimum Gasteiger partial charge on any atom is -0.495 e. The molecule has 1 atom stereocenters. The minimum atomic E-state index is -3.89. The molecule has 22 heavy (non-hydrogen) atoms. The SMILES string of the molecule is COc1cccc(OC)c1S(=O)(=O)N1CCCC(C(=O)O)C1. The third-order valence-corrected chi connectivity index (χ3v) is 5.64. The van der Waals surface area contributed by atoms with Gasteiger partial charge in [0, 0.05) is 13.1 Å². The van der Waals surface area contributed by atoms with Crippen LogP contribution in [0.25, 0.3) is 0 Å². The number of nitrogens with zero attached hydrogens (tertiary/aromatic N) is 1. The van der Waals surface area contributed by atoms with Gasteiger partial charge in [-0.05, 0) is 25.0 Å². The highest BCUT2D eigenvalue weighted by Gasteiger charge is 2.36. The van der Waals surface area contributed by atoms with Crippen molar-refractivity contribution in [1.29, 1.82) is 0 Å². The molecule has 0 amide bonds. The number of ether oxygens (including phenoxy) is 2. The first-order valence-electron chi connectivity index (χ1n) is 6.85. The van der Waals surface area contributed by atoms with Crippen molar-refractivity contribution in [1.82, 2.24) is 4.31 Å². The Morgan fingerprint density at radius 3 is 2.36 bits per heavy atom. The lowest BCUT2D eigenvalue weighted by Crippen LogP contribution is -2.42. The molecule has 8 heteroatoms. The summed E-state index contributed by atoms with van der Waals surface area (Å²) in [4.78, 5) is 11.1. The Morgan fingerprint density at radius 1 is 1.27 bits per heavy atom. The lowest BCUT2D eigenvalue weighted by atomic mass is 10.0. The van der Waals surface area contributed by atoms with Crippen LogP contribution in [0, 0.1) is 5.92 Å². The molecule has 0 aliphatic carbocycles. The van der Waals surface area contributed by atoms with Gasteiger partial charge >= 0.3 is 5.97 Å². The van der Waals surface area contributed by atoms with Crippen molar-refractivity contribution >= 4 is 16.0 Å². The number of aliphatic carboxylic acids is 1. The molecule has 1 aromatic carbocycles. The Bertz CT molecular complexity index is 635. The second-order valence-corrected chi connectivity index (χ2v) is 6.91. The summed E-state index contributed by atoms with van der Waals surface area (Å²) in [5.41, 5.74) is 0. The smallest absolute Gasteiger partial charge is 0.307 e. The number of benzene rings is 1. The van der Waals surface area contributed by atoms with Crippen molar-refractivity contribution < 1.29 is 27.8 Å². The van der Waals surface area contributed by atoms with Gasteiger partial charge in [0.05, 0.1) is 20.1 Å². The third kappa shape index (κ3) is 3.02. The van der Waals surface area contributed by atoms with E-state index in [2.05, 4.69) is 0 Å². The standard InChI is InChI=1S/C14H19NO6S/c1-20-11-6-3-7-12(21-2)13(11)22(18,19)15-8-4-5-10(9-15)14(16)17/h3,6-7,10H,4-5,8-9H2,1-2H3,(H,16,17). The van der Waals surface area contributed by atoms with Crippen molar-refractivity contribution in [2.24, 2.45) is 5.92 Å². The van der Waals surface area contributed by atoms with Gasteiger partial charge in [0.25, 0.3) is 10.0 Å². The largest absolute Gasteiger partial charge is 0.495 e. The molecule has 1 heterocycles. The quantitative estimate of drug-likeness (QED) is 0.872. The number of piperidine rings is 1. The van der Waals surface area contributed by atoms with Gasteiger partial charge in [-0.3, -0.25) is 4.79 Å². The maximum Gasteiger partial charge on any atom is 0.307 e. The Labute approximate surface area is 129 Å². The van der Waals surface area contributed by atoms with E-state index in [9.17, 15) is 13.2 Å². The van der Waals surface area contributed by atoms with Crippen molar-refractivity contribution in [3.8, 4) is 11.5 Å². The van der Waals surface area contributed by atoms with Crippen molar-refractivity contribution in [3.63, 3.8) is 0 Å². The van der Waals surface area contributed by atoms with E-state index < -0.39 is 21.9 Å². The average Bonchev–Trinajstić information content (AvgIpc) is 2.53. The highest BCUT2D eigenvalue weighted by molar-refractivity contribution is 7.89. The van der Waals surface area contributed by atoms with Gasteiger partial charge in [-0.1, -0.05) is 6.07 Å². The zero-order chi connectivity index (χ0) is 16.3. The molecule has 0 aromatic heterocycles. The van der Waals surface area contributed by atoms with Crippen molar-refractivity contribution in [2.45, 2.75) is 17.7 Å². The summed E-state index contributed by atoms with van der Waals surface area (Å²) >= 11 is 0. The van der Waals surface area contributed by atoms with Crippen LogP contribution in [0.2, 0.25) is 0 Å². The summed E-state index contributed by atoms with van der Waals surface area (Å²) < 4.78 is 37.2. The van der Waals surface area contributed by atoms with Crippen molar-refractivity contribution in [3.05, 3.63) is 18.2 Å². The molecule has 7 nitrogen and oxygen atoms in total. The van der Waals surface area contributed by atoms with E-state index in [0.717, 1.165) is 0 Å². The van der Waals surface area contributed by atoms with Gasteiger partial charge < -0.3 is 14.6 Å². The van der Waals surface area contributed by atoms with Crippen LogP contribution in [0.5, 0.6) is 11.5 Å². The lowest BCUT2D eigenvalue weighted by Gasteiger charge is -2.30. The number of methoxy groups -OCH3 is 2. The number of hydrogen-bond acceptors (Lipinski definition) is 5. The van der Waals surface area contributed by atoms with Gasteiger partial charge in [0.2, 0.25) is 0 Å². The Hall–Kier alpha value is -1.80. The highest BCUT2D eigenvalue weighted by Crippen LogP contribution is 2.36. The monoisotopic (exact) mass is 329 g/mol. The van der Waals surface area contributed by atoms with Crippen LogP contribution in [-0.4, -0.2) is 51.1 Å². The normalized spacial score (nSPS) is 19.6. The maximum absolute atomic E-state index is 12.9. The van der Waals surface area contributed by atoms with E-state index in [1.165, 1.54) is 30.7 Å². The van der Waals surface area contributed by atoms with Crippen LogP contribution in [-0.2, 0) is 14.8 Å². The summed E-state index contributed by atoms with van der Waals surface area (Å²) in [5.74, 6) is -1.32. The predicted molar refractivity (Wildman–Crippen MR) is 78.7 cm³/mol. The van der Waals surface area contributed by atoms with E-state index in [4.69, 9.17) is 14.6 Å². The zero-order valence-electron chi connectivity index (χ0n) is 12.5. The molecule has 122 valence electrons. The average molecular weight is 329 g/mol. The summed E-state index contributed by atoms with van der Waals surface area (Å²) in [7, 11) is -1.14. The van der Waals surface area contributed by atoms with Crippen LogP contribution in [0.4, 0.5) is 0 Å².